The van der Waals surface area contributed by atoms with Crippen molar-refractivity contribution in [3.8, 4) is 5.75 Å². The highest BCUT2D eigenvalue weighted by atomic mass is 16.5. The van der Waals surface area contributed by atoms with Gasteiger partial charge in [-0.05, 0) is 49.4 Å². The van der Waals surface area contributed by atoms with Gasteiger partial charge in [-0.15, -0.1) is 0 Å². The lowest BCUT2D eigenvalue weighted by Gasteiger charge is -2.28. The first-order chi connectivity index (χ1) is 12.0. The van der Waals surface area contributed by atoms with Gasteiger partial charge in [0, 0.05) is 31.6 Å². The Balaban J connectivity index is 1.81. The quantitative estimate of drug-likeness (QED) is 0.908. The summed E-state index contributed by atoms with van der Waals surface area (Å²) in [5.41, 5.74) is 5.62. The molecular formula is C20H27N3O2. The van der Waals surface area contributed by atoms with Crippen LogP contribution in [-0.4, -0.2) is 28.5 Å². The van der Waals surface area contributed by atoms with Gasteiger partial charge in [0.1, 0.15) is 11.6 Å². The van der Waals surface area contributed by atoms with E-state index in [9.17, 15) is 4.79 Å². The standard InChI is InChI=1S/C20H27N3O2/c1-5-6-19-21-17-12-23(10-9-16(17)20(24)22-19)11-15-7-8-18(25-4)14(3)13(15)2/h7-8H,5-6,9-12H2,1-4H3,(H,21,22,24). The lowest BCUT2D eigenvalue weighted by molar-refractivity contribution is 0.239. The van der Waals surface area contributed by atoms with Crippen molar-refractivity contribution >= 4 is 0 Å². The summed E-state index contributed by atoms with van der Waals surface area (Å²) in [4.78, 5) is 22.3. The minimum absolute atomic E-state index is 0.0459. The van der Waals surface area contributed by atoms with E-state index in [1.807, 2.05) is 6.07 Å². The summed E-state index contributed by atoms with van der Waals surface area (Å²) in [5.74, 6) is 1.74. The Labute approximate surface area is 149 Å². The number of H-pyrrole nitrogens is 1. The number of aryl methyl sites for hydroxylation is 1. The van der Waals surface area contributed by atoms with E-state index in [1.165, 1.54) is 16.7 Å². The van der Waals surface area contributed by atoms with E-state index in [-0.39, 0.29) is 5.56 Å². The summed E-state index contributed by atoms with van der Waals surface area (Å²) in [6, 6.07) is 4.18. The fraction of sp³-hybridized carbons (Fsp3) is 0.500. The summed E-state index contributed by atoms with van der Waals surface area (Å²) in [5, 5.41) is 0. The fourth-order valence-electron chi connectivity index (χ4n) is 3.52. The molecule has 0 unspecified atom stereocenters. The topological polar surface area (TPSA) is 58.2 Å². The maximum Gasteiger partial charge on any atom is 0.254 e. The first-order valence-corrected chi connectivity index (χ1v) is 8.99. The highest BCUT2D eigenvalue weighted by molar-refractivity contribution is 5.43. The fourth-order valence-corrected chi connectivity index (χ4v) is 3.52. The number of nitrogens with zero attached hydrogens (tertiary/aromatic N) is 2. The summed E-state index contributed by atoms with van der Waals surface area (Å²) in [6.07, 6.45) is 2.56. The largest absolute Gasteiger partial charge is 0.496 e. The number of hydrogen-bond donors (Lipinski definition) is 1. The van der Waals surface area contributed by atoms with Crippen molar-refractivity contribution < 1.29 is 4.74 Å². The van der Waals surface area contributed by atoms with Crippen molar-refractivity contribution in [2.45, 2.75) is 53.1 Å². The Morgan fingerprint density at radius 3 is 2.80 bits per heavy atom. The number of rotatable bonds is 5. The zero-order valence-electron chi connectivity index (χ0n) is 15.6. The first-order valence-electron chi connectivity index (χ1n) is 8.99. The third-order valence-corrected chi connectivity index (χ3v) is 5.15. The van der Waals surface area contributed by atoms with Gasteiger partial charge >= 0.3 is 0 Å². The highest BCUT2D eigenvalue weighted by Crippen LogP contribution is 2.26. The molecule has 134 valence electrons. The van der Waals surface area contributed by atoms with Gasteiger partial charge < -0.3 is 9.72 Å². The molecule has 0 saturated heterocycles. The monoisotopic (exact) mass is 341 g/mol. The van der Waals surface area contributed by atoms with Gasteiger partial charge in [0.2, 0.25) is 0 Å². The van der Waals surface area contributed by atoms with Crippen molar-refractivity contribution in [1.82, 2.24) is 14.9 Å². The molecule has 0 spiro atoms. The summed E-state index contributed by atoms with van der Waals surface area (Å²) < 4.78 is 5.40. The van der Waals surface area contributed by atoms with Gasteiger partial charge in [-0.1, -0.05) is 13.0 Å². The molecular weight excluding hydrogens is 314 g/mol. The van der Waals surface area contributed by atoms with Gasteiger partial charge in [-0.2, -0.15) is 0 Å². The van der Waals surface area contributed by atoms with Crippen LogP contribution < -0.4 is 10.3 Å². The van der Waals surface area contributed by atoms with E-state index in [2.05, 4.69) is 36.7 Å². The molecule has 1 N–H and O–H groups in total. The van der Waals surface area contributed by atoms with Gasteiger partial charge in [-0.3, -0.25) is 9.69 Å². The van der Waals surface area contributed by atoms with Crippen LogP contribution in [0.5, 0.6) is 5.75 Å². The molecule has 25 heavy (non-hydrogen) atoms. The highest BCUT2D eigenvalue weighted by Gasteiger charge is 2.21. The number of nitrogens with one attached hydrogen (secondary N) is 1. The molecule has 2 heterocycles. The van der Waals surface area contributed by atoms with Gasteiger partial charge in [0.25, 0.3) is 5.56 Å². The van der Waals surface area contributed by atoms with Gasteiger partial charge in [0.05, 0.1) is 12.8 Å². The number of aromatic nitrogens is 2. The predicted molar refractivity (Wildman–Crippen MR) is 99.1 cm³/mol. The van der Waals surface area contributed by atoms with Crippen LogP contribution in [0.4, 0.5) is 0 Å². The molecule has 1 aromatic carbocycles. The second-order valence-corrected chi connectivity index (χ2v) is 6.83. The molecule has 0 atom stereocenters. The second kappa shape index (κ2) is 7.40. The molecule has 1 aliphatic rings. The minimum Gasteiger partial charge on any atom is -0.496 e. The maximum absolute atomic E-state index is 12.3. The van der Waals surface area contributed by atoms with Crippen molar-refractivity contribution in [3.05, 3.63) is 56.3 Å². The molecule has 1 aromatic heterocycles. The van der Waals surface area contributed by atoms with Crippen LogP contribution in [0.15, 0.2) is 16.9 Å². The Hall–Kier alpha value is -2.14. The van der Waals surface area contributed by atoms with Crippen LogP contribution in [0.1, 0.15) is 47.1 Å². The average molecular weight is 341 g/mol. The number of fused-ring (bicyclic) bond motifs is 1. The smallest absolute Gasteiger partial charge is 0.254 e. The molecule has 0 saturated carbocycles. The Morgan fingerprint density at radius 2 is 2.08 bits per heavy atom. The summed E-state index contributed by atoms with van der Waals surface area (Å²) >= 11 is 0. The Bertz CT molecular complexity index is 826. The van der Waals surface area contributed by atoms with Gasteiger partial charge in [-0.25, -0.2) is 4.98 Å². The zero-order valence-corrected chi connectivity index (χ0v) is 15.6. The van der Waals surface area contributed by atoms with E-state index in [4.69, 9.17) is 9.72 Å². The van der Waals surface area contributed by atoms with E-state index in [1.54, 1.807) is 7.11 Å². The van der Waals surface area contributed by atoms with E-state index in [0.29, 0.717) is 0 Å². The molecule has 0 amide bonds. The first kappa shape index (κ1) is 17.7. The molecule has 2 aromatic rings. The second-order valence-electron chi connectivity index (χ2n) is 6.83. The third-order valence-electron chi connectivity index (χ3n) is 5.15. The minimum atomic E-state index is 0.0459. The number of methoxy groups -OCH3 is 1. The number of ether oxygens (including phenoxy) is 1. The van der Waals surface area contributed by atoms with E-state index < -0.39 is 0 Å². The zero-order chi connectivity index (χ0) is 18.0. The molecule has 3 rings (SSSR count). The number of aromatic amines is 1. The van der Waals surface area contributed by atoms with Crippen LogP contribution in [-0.2, 0) is 25.9 Å². The van der Waals surface area contributed by atoms with Crippen LogP contribution in [0, 0.1) is 13.8 Å². The van der Waals surface area contributed by atoms with E-state index >= 15 is 0 Å². The number of benzene rings is 1. The van der Waals surface area contributed by atoms with Crippen LogP contribution in [0.25, 0.3) is 0 Å². The molecule has 5 nitrogen and oxygen atoms in total. The summed E-state index contributed by atoms with van der Waals surface area (Å²) in [6.45, 7) is 8.83. The lowest BCUT2D eigenvalue weighted by Crippen LogP contribution is -2.35. The Morgan fingerprint density at radius 1 is 1.28 bits per heavy atom. The molecule has 0 bridgehead atoms. The molecule has 1 aliphatic heterocycles. The molecule has 0 aliphatic carbocycles. The predicted octanol–water partition coefficient (Wildman–Crippen LogP) is 2.91. The molecule has 5 heteroatoms. The lowest BCUT2D eigenvalue weighted by atomic mass is 10.00. The molecule has 0 radical (unpaired) electrons. The average Bonchev–Trinajstić information content (AvgIpc) is 2.59. The normalized spacial score (nSPS) is 14.4. The third kappa shape index (κ3) is 3.61. The van der Waals surface area contributed by atoms with Crippen molar-refractivity contribution in [1.29, 1.82) is 0 Å². The van der Waals surface area contributed by atoms with Gasteiger partial charge in [0.15, 0.2) is 0 Å². The van der Waals surface area contributed by atoms with Crippen LogP contribution >= 0.6 is 0 Å². The van der Waals surface area contributed by atoms with Crippen molar-refractivity contribution in [3.63, 3.8) is 0 Å². The van der Waals surface area contributed by atoms with E-state index in [0.717, 1.165) is 61.7 Å². The number of hydrogen-bond acceptors (Lipinski definition) is 4. The van der Waals surface area contributed by atoms with Crippen molar-refractivity contribution in [2.24, 2.45) is 0 Å². The molecule has 0 fully saturated rings. The van der Waals surface area contributed by atoms with Crippen molar-refractivity contribution in [2.75, 3.05) is 13.7 Å². The maximum atomic E-state index is 12.3. The Kier molecular flexibility index (Phi) is 5.23. The van der Waals surface area contributed by atoms with Crippen LogP contribution in [0.2, 0.25) is 0 Å². The van der Waals surface area contributed by atoms with Crippen LogP contribution in [0.3, 0.4) is 0 Å². The summed E-state index contributed by atoms with van der Waals surface area (Å²) in [7, 11) is 1.71. The SMILES string of the molecule is CCCc1nc2c(c(=O)[nH]1)CCN(Cc1ccc(OC)c(C)c1C)C2.